The van der Waals surface area contributed by atoms with Gasteiger partial charge in [0.1, 0.15) is 22.6 Å². The van der Waals surface area contributed by atoms with Crippen molar-refractivity contribution >= 4 is 64.2 Å². The van der Waals surface area contributed by atoms with E-state index in [0.717, 1.165) is 110 Å². The Bertz CT molecular complexity index is 4060. The van der Waals surface area contributed by atoms with Crippen LogP contribution in [0.5, 0.6) is 0 Å². The van der Waals surface area contributed by atoms with Gasteiger partial charge in [-0.25, -0.2) is 35.5 Å². The third kappa shape index (κ3) is 25.9. The van der Waals surface area contributed by atoms with Crippen molar-refractivity contribution in [2.75, 3.05) is 72.6 Å². The van der Waals surface area contributed by atoms with Crippen LogP contribution in [-0.2, 0) is 54.8 Å². The number of carbonyl (C=O) groups is 9. The fraction of sp³-hybridized carbons (Fsp3) is 0.763. The fourth-order valence-electron chi connectivity index (χ4n) is 20.8. The monoisotopic (exact) mass is 1690 g/mol. The fourth-order valence-corrected chi connectivity index (χ4v) is 20.8. The van der Waals surface area contributed by atoms with Gasteiger partial charge in [0.05, 0.1) is 25.9 Å². The molecule has 11 rings (SSSR count). The van der Waals surface area contributed by atoms with Crippen LogP contribution in [0.25, 0.3) is 19.4 Å². The van der Waals surface area contributed by atoms with Crippen LogP contribution in [0.3, 0.4) is 0 Å². The predicted molar refractivity (Wildman–Crippen MR) is 465 cm³/mol. The van der Waals surface area contributed by atoms with Gasteiger partial charge < -0.3 is 68.0 Å². The number of hydrogen-bond donors (Lipinski definition) is 1. The van der Waals surface area contributed by atoms with Crippen molar-refractivity contribution in [3.05, 3.63) is 98.5 Å². The number of rotatable bonds is 0. The number of ketones is 4. The summed E-state index contributed by atoms with van der Waals surface area (Å²) in [6.07, 6.45) is 16.9. The molecule has 4 amide bonds. The zero-order valence-electron chi connectivity index (χ0n) is 77.4. The van der Waals surface area contributed by atoms with E-state index in [0.29, 0.717) is 63.2 Å². The summed E-state index contributed by atoms with van der Waals surface area (Å²) in [7, 11) is 0.750. The maximum Gasteiger partial charge on any atom is 1.00 e. The number of allylic oxidation sites excluding steroid dienone is 6. The molecule has 0 bridgehead atoms. The van der Waals surface area contributed by atoms with E-state index < -0.39 is 44.5 Å². The number of likely N-dealkylation sites (tertiary alicyclic amines) is 4. The number of halogens is 1. The van der Waals surface area contributed by atoms with E-state index in [9.17, 15) is 43.2 Å². The zero-order chi connectivity index (χ0) is 89.8. The van der Waals surface area contributed by atoms with Crippen molar-refractivity contribution in [2.45, 2.75) is 308 Å². The Hall–Kier alpha value is -6.77. The van der Waals surface area contributed by atoms with Gasteiger partial charge in [0.15, 0.2) is 17.3 Å². The molecule has 119 heavy (non-hydrogen) atoms. The molecule has 10 aliphatic rings. The first-order chi connectivity index (χ1) is 53.7. The van der Waals surface area contributed by atoms with E-state index in [4.69, 9.17) is 53.1 Å². The number of carbonyl (C=O) groups excluding carboxylic acids is 9. The summed E-state index contributed by atoms with van der Waals surface area (Å²) in [6.45, 7) is 87.3. The molecule has 1 N–H and O–H groups in total. The van der Waals surface area contributed by atoms with E-state index in [-0.39, 0.29) is 166 Å². The Labute approximate surface area is 746 Å². The number of ether oxygens (including phenoxy) is 3. The molecule has 5 aliphatic heterocycles. The quantitative estimate of drug-likeness (QED) is 0.109. The van der Waals surface area contributed by atoms with Crippen molar-refractivity contribution in [2.24, 2.45) is 78.3 Å². The van der Waals surface area contributed by atoms with Crippen molar-refractivity contribution < 1.29 is 99.5 Å². The van der Waals surface area contributed by atoms with E-state index in [1.165, 1.54) is 12.5 Å². The molecule has 11 atom stereocenters. The van der Waals surface area contributed by atoms with Crippen LogP contribution in [0.2, 0.25) is 0 Å². The molecule has 0 spiro atoms. The molecular formula is C93H150ClN10NaO14. The molecule has 1 aromatic rings. The molecule has 6 fully saturated rings. The Morgan fingerprint density at radius 3 is 1.17 bits per heavy atom. The molecule has 5 saturated heterocycles. The molecule has 0 radical (unpaired) electrons. The first-order valence-corrected chi connectivity index (χ1v) is 41.4. The van der Waals surface area contributed by atoms with Gasteiger partial charge in [-0.1, -0.05) is 150 Å². The summed E-state index contributed by atoms with van der Waals surface area (Å²) in [5.41, 5.74) is -1.91. The minimum Gasteiger partial charge on any atom is -0.857 e. The third-order valence-electron chi connectivity index (χ3n) is 26.6. The van der Waals surface area contributed by atoms with Crippen molar-refractivity contribution in [3.63, 3.8) is 0 Å². The van der Waals surface area contributed by atoms with Crippen LogP contribution >= 0.6 is 11.6 Å². The second kappa shape index (κ2) is 42.1. The molecule has 1 unspecified atom stereocenters. The van der Waals surface area contributed by atoms with Gasteiger partial charge in [-0.15, -0.1) is 0 Å². The summed E-state index contributed by atoms with van der Waals surface area (Å²) in [4.78, 5) is 129. The molecule has 1 aromatic heterocycles. The zero-order valence-corrected chi connectivity index (χ0v) is 78.2. The topological polar surface area (TPSA) is 273 Å². The smallest absolute Gasteiger partial charge is 0.857 e. The summed E-state index contributed by atoms with van der Waals surface area (Å²) in [5.74, 6) is 2.33. The number of aromatic nitrogens is 1. The van der Waals surface area contributed by atoms with E-state index in [2.05, 4.69) is 89.9 Å². The van der Waals surface area contributed by atoms with Crippen LogP contribution < -0.4 is 40.0 Å². The van der Waals surface area contributed by atoms with Crippen LogP contribution in [0.4, 0.5) is 14.4 Å². The summed E-state index contributed by atoms with van der Waals surface area (Å²) < 4.78 is 32.2. The number of nitrogens with zero attached hydrogens (tertiary/aromatic N) is 9. The van der Waals surface area contributed by atoms with E-state index >= 15 is 0 Å². The Morgan fingerprint density at radius 1 is 0.496 bits per heavy atom. The SMILES string of the molecule is C.C.C.CC(=O)Cl.CC(C)(C)OC(=O)N1CC[C@@H]2C(C)(C)c3oncc3C[C@@]2(C)CC1.C[O-].[2H][2H].[C-]#[N+]C1=C[C@@]2(C)CCN(C(=O)OC(C)(C)C)CC[C@@H]2C(C)(C)C1=O.[C-]#[N+]C1=C[C@@]2(C)CCN(C(C)=O)CC[C@@H]2C(C)(C)C1=O.[C-]#[N+]C1=C[C@@]2(C)CCNCC[C@@H]2C(C)(C)C1=O.[C-]#[N+]C1C[C@@]2(C)CCN(C(=O)OC(C)(C)C)CC[C@@H]2C(C)(C)C1=O.[Na+]. The standard InChI is InChI=1S/2C19H30N2O3.C19H28N2O3.C16H22N2O2.C14H20N2O.C2H3ClO.CH3O.3CH4.Na.H2/c1-17(2,3)23-16(22)21-9-7-14-18(4,5)15-13(12-20-24-15)11-19(14,6)8-10-21;2*1-17(2,3)24-16(23)21-10-8-14-18(4,5)15(22)13(20-7)12-19(14,6)9-11-21;1-11(19)18-8-6-13-15(2,3)14(20)12(17-5)10-16(13,4)7-9-18;1-13(2)11-5-7-16-8-6-14(11,3)9-10(15-4)12(13)17;1-2(3)4;1-2;;;;;/h12,14H,7-11H2,1-6H3;13-14H,8-12H2,1-6H3;12,14H,8-11H2,1-6H3;10,13H,6-9H2,1-4H3;9,11,16H,5-8H2,1-3H3;1H3;1H3;3*1H4;;1H/q;;;;;;-1;;;;+1;/t14-,19-;13?,14-,19-;14-,19-;13-,16-;11-,14-;;;;;;;/m11111......./s1/i;;;;;;;;;;;1+1D. The van der Waals surface area contributed by atoms with E-state index in [1.807, 2.05) is 152 Å². The molecule has 5 aliphatic carbocycles. The van der Waals surface area contributed by atoms with Crippen LogP contribution in [0, 0.1) is 105 Å². The Kier molecular flexibility index (Phi) is 38.3. The first-order valence-electron chi connectivity index (χ1n) is 42.0. The van der Waals surface area contributed by atoms with Gasteiger partial charge in [0.2, 0.25) is 34.0 Å². The van der Waals surface area contributed by atoms with Crippen LogP contribution in [0.15, 0.2) is 46.0 Å². The summed E-state index contributed by atoms with van der Waals surface area (Å²) in [6, 6.07) is -0.547. The number of amides is 4. The molecule has 6 heterocycles. The predicted octanol–water partition coefficient (Wildman–Crippen LogP) is 16.1. The average molecular weight is 1690 g/mol. The van der Waals surface area contributed by atoms with Gasteiger partial charge >= 0.3 is 47.8 Å². The van der Waals surface area contributed by atoms with E-state index in [1.54, 1.807) is 16.7 Å². The maximum absolute atomic E-state index is 12.7. The van der Waals surface area contributed by atoms with Crippen molar-refractivity contribution in [1.29, 1.82) is 0 Å². The van der Waals surface area contributed by atoms with Gasteiger partial charge in [-0.3, -0.25) is 14.4 Å². The molecule has 0 aromatic carbocycles. The minimum atomic E-state index is -0.590. The summed E-state index contributed by atoms with van der Waals surface area (Å²) in [5, 5.41) is 15.3. The van der Waals surface area contributed by atoms with Gasteiger partial charge in [-0.2, -0.15) is 7.11 Å². The number of hydrogen-bond acceptors (Lipinski definition) is 16. The van der Waals surface area contributed by atoms with Crippen molar-refractivity contribution in [3.8, 4) is 0 Å². The third-order valence-corrected chi connectivity index (χ3v) is 26.6. The normalized spacial score (nSPS) is 29.7. The Morgan fingerprint density at radius 2 is 0.815 bits per heavy atom. The molecule has 24 nitrogen and oxygen atoms in total. The minimum absolute atomic E-state index is 0. The second-order valence-electron chi connectivity index (χ2n) is 40.5. The average Bonchev–Trinajstić information content (AvgIpc) is 1.63. The first kappa shape index (κ1) is 108. The number of Topliss-reactive ketones (excluding diaryl/α,β-unsaturated/α-hetero) is 4. The number of fused-ring (bicyclic) bond motifs is 6. The van der Waals surface area contributed by atoms with Crippen LogP contribution in [0.1, 0.15) is 287 Å². The number of nitrogens with one attached hydrogen (secondary N) is 1. The second-order valence-corrected chi connectivity index (χ2v) is 41.0. The van der Waals surface area contributed by atoms with Crippen molar-refractivity contribution in [1.82, 2.24) is 30.1 Å². The molecule has 26 heteroatoms. The van der Waals surface area contributed by atoms with Gasteiger partial charge in [0, 0.05) is 108 Å². The molecule has 664 valence electrons. The largest absolute Gasteiger partial charge is 1.00 e. The maximum atomic E-state index is 12.7. The summed E-state index contributed by atoms with van der Waals surface area (Å²) >= 11 is 4.64. The molecule has 1 saturated carbocycles. The Balaban J connectivity index is 0.00000145. The van der Waals surface area contributed by atoms with Crippen LogP contribution in [-0.4, -0.2) is 173 Å². The molecular weight excluding hydrogens is 1540 g/mol. The van der Waals surface area contributed by atoms with Gasteiger partial charge in [-0.05, 0) is 214 Å². The van der Waals surface area contributed by atoms with Gasteiger partial charge in [0.25, 0.3) is 6.04 Å².